The zero-order chi connectivity index (χ0) is 28.7. The summed E-state index contributed by atoms with van der Waals surface area (Å²) in [6, 6.07) is 21.5. The molecule has 2 aromatic heterocycles. The predicted molar refractivity (Wildman–Crippen MR) is 156 cm³/mol. The van der Waals surface area contributed by atoms with Gasteiger partial charge in [-0.2, -0.15) is 0 Å². The van der Waals surface area contributed by atoms with Crippen molar-refractivity contribution >= 4 is 39.3 Å². The molecule has 1 unspecified atom stereocenters. The van der Waals surface area contributed by atoms with E-state index in [0.717, 1.165) is 22.5 Å². The molecule has 0 fully saturated rings. The smallest absolute Gasteiger partial charge is 0.350 e. The second-order valence-corrected chi connectivity index (χ2v) is 10.7. The van der Waals surface area contributed by atoms with Gasteiger partial charge in [-0.3, -0.25) is 14.5 Å². The van der Waals surface area contributed by atoms with Crippen molar-refractivity contribution in [2.24, 2.45) is 0 Å². The average molecular weight is 567 g/mol. The summed E-state index contributed by atoms with van der Waals surface area (Å²) < 4.78 is 17.3. The highest BCUT2D eigenvalue weighted by Gasteiger charge is 2.45. The first-order valence-corrected chi connectivity index (χ1v) is 14.0. The fourth-order valence-corrected chi connectivity index (χ4v) is 5.97. The first-order chi connectivity index (χ1) is 19.9. The number of amides is 1. The molecule has 1 aliphatic heterocycles. The number of benzene rings is 3. The van der Waals surface area contributed by atoms with E-state index in [1.54, 1.807) is 26.0 Å². The Bertz CT molecular complexity index is 1860. The van der Waals surface area contributed by atoms with Crippen LogP contribution in [0.25, 0.3) is 11.0 Å². The van der Waals surface area contributed by atoms with Gasteiger partial charge in [-0.1, -0.05) is 65.4 Å². The summed E-state index contributed by atoms with van der Waals surface area (Å²) in [6.07, 6.45) is 0. The van der Waals surface area contributed by atoms with E-state index < -0.39 is 17.9 Å². The fourth-order valence-electron chi connectivity index (χ4n) is 4.99. The summed E-state index contributed by atoms with van der Waals surface area (Å²) in [5, 5.41) is 0.657. The molecule has 9 heteroatoms. The minimum absolute atomic E-state index is 0.0440. The van der Waals surface area contributed by atoms with Crippen LogP contribution in [0.4, 0.5) is 5.13 Å². The lowest BCUT2D eigenvalue weighted by Crippen LogP contribution is -2.29. The van der Waals surface area contributed by atoms with Gasteiger partial charge in [0, 0.05) is 0 Å². The normalized spacial score (nSPS) is 14.4. The van der Waals surface area contributed by atoms with E-state index in [1.807, 2.05) is 67.6 Å². The Morgan fingerprint density at radius 2 is 1.83 bits per heavy atom. The Hall–Kier alpha value is -4.76. The number of rotatable bonds is 7. The van der Waals surface area contributed by atoms with Crippen LogP contribution in [0.15, 0.2) is 82.0 Å². The molecule has 3 aromatic carbocycles. The Morgan fingerprint density at radius 3 is 2.61 bits per heavy atom. The summed E-state index contributed by atoms with van der Waals surface area (Å²) >= 11 is 1.05. The number of ether oxygens (including phenoxy) is 2. The number of hydrogen-bond acceptors (Lipinski definition) is 8. The largest absolute Gasteiger partial charge is 0.489 e. The number of aryl methyl sites for hydroxylation is 2. The number of nitrogens with zero attached hydrogens (tertiary/aromatic N) is 2. The van der Waals surface area contributed by atoms with Gasteiger partial charge in [-0.05, 0) is 56.2 Å². The van der Waals surface area contributed by atoms with E-state index in [2.05, 4.69) is 4.98 Å². The van der Waals surface area contributed by atoms with E-state index in [1.165, 1.54) is 4.90 Å². The molecular formula is C32H26N2O6S. The highest BCUT2D eigenvalue weighted by molar-refractivity contribution is 7.17. The van der Waals surface area contributed by atoms with Crippen molar-refractivity contribution in [1.82, 2.24) is 4.98 Å². The second kappa shape index (κ2) is 10.7. The lowest BCUT2D eigenvalue weighted by atomic mass is 9.98. The minimum Gasteiger partial charge on any atom is -0.489 e. The van der Waals surface area contributed by atoms with Crippen LogP contribution in [-0.4, -0.2) is 23.5 Å². The van der Waals surface area contributed by atoms with E-state index in [9.17, 15) is 14.4 Å². The van der Waals surface area contributed by atoms with Crippen LogP contribution in [0, 0.1) is 13.8 Å². The highest BCUT2D eigenvalue weighted by atomic mass is 32.1. The third kappa shape index (κ3) is 4.78. The molecule has 5 aromatic rings. The van der Waals surface area contributed by atoms with Gasteiger partial charge in [0.05, 0.1) is 29.3 Å². The van der Waals surface area contributed by atoms with Gasteiger partial charge in [0.2, 0.25) is 5.76 Å². The van der Waals surface area contributed by atoms with Crippen LogP contribution < -0.4 is 15.1 Å². The Morgan fingerprint density at radius 1 is 1.02 bits per heavy atom. The van der Waals surface area contributed by atoms with E-state index in [0.29, 0.717) is 39.5 Å². The third-order valence-electron chi connectivity index (χ3n) is 6.90. The first-order valence-electron chi connectivity index (χ1n) is 13.2. The van der Waals surface area contributed by atoms with Crippen LogP contribution in [-0.2, 0) is 11.3 Å². The van der Waals surface area contributed by atoms with E-state index in [-0.39, 0.29) is 28.5 Å². The zero-order valence-corrected chi connectivity index (χ0v) is 23.5. The van der Waals surface area contributed by atoms with Gasteiger partial charge in [0.1, 0.15) is 22.8 Å². The zero-order valence-electron chi connectivity index (χ0n) is 22.7. The van der Waals surface area contributed by atoms with Crippen molar-refractivity contribution in [3.63, 3.8) is 0 Å². The van der Waals surface area contributed by atoms with Crippen molar-refractivity contribution in [3.8, 4) is 5.75 Å². The molecule has 0 saturated heterocycles. The molecule has 0 N–H and O–H groups in total. The number of esters is 1. The number of hydrogen-bond donors (Lipinski definition) is 0. The molecule has 206 valence electrons. The average Bonchev–Trinajstić information content (AvgIpc) is 3.50. The predicted octanol–water partition coefficient (Wildman–Crippen LogP) is 6.37. The molecule has 0 radical (unpaired) electrons. The third-order valence-corrected chi connectivity index (χ3v) is 8.04. The van der Waals surface area contributed by atoms with Crippen LogP contribution >= 0.6 is 11.3 Å². The summed E-state index contributed by atoms with van der Waals surface area (Å²) in [5.74, 6) is -0.487. The fraction of sp³-hybridized carbons (Fsp3) is 0.188. The molecule has 1 aliphatic rings. The Kier molecular flexibility index (Phi) is 6.88. The van der Waals surface area contributed by atoms with Crippen LogP contribution in [0.3, 0.4) is 0 Å². The topological polar surface area (TPSA) is 98.9 Å². The van der Waals surface area contributed by atoms with Gasteiger partial charge in [-0.15, -0.1) is 0 Å². The van der Waals surface area contributed by atoms with Gasteiger partial charge in [0.25, 0.3) is 5.91 Å². The van der Waals surface area contributed by atoms with Crippen LogP contribution in [0.5, 0.6) is 5.75 Å². The van der Waals surface area contributed by atoms with Gasteiger partial charge in [0.15, 0.2) is 10.6 Å². The first kappa shape index (κ1) is 26.5. The molecule has 1 atom stereocenters. The Labute approximate surface area is 239 Å². The summed E-state index contributed by atoms with van der Waals surface area (Å²) in [4.78, 5) is 46.8. The molecule has 0 bridgehead atoms. The maximum Gasteiger partial charge on any atom is 0.350 e. The van der Waals surface area contributed by atoms with Crippen LogP contribution in [0.1, 0.15) is 61.1 Å². The maximum atomic E-state index is 14.0. The van der Waals surface area contributed by atoms with Gasteiger partial charge in [-0.25, -0.2) is 9.78 Å². The lowest BCUT2D eigenvalue weighted by molar-refractivity contribution is 0.0531. The molecule has 1 amide bonds. The standard InChI is InChI=1S/C32H26N2O6S/c1-4-38-31(37)29-19(3)33-32(41-29)34-26(21-11-8-12-22(16-21)39-17-20-9-6-5-7-10-20)25-27(35)23-15-18(2)13-14-24(23)40-28(25)30(34)36/h5-16,26H,4,17H2,1-3H3. The van der Waals surface area contributed by atoms with Crippen molar-refractivity contribution in [1.29, 1.82) is 0 Å². The number of carbonyl (C=O) groups is 2. The van der Waals surface area contributed by atoms with Crippen molar-refractivity contribution in [2.75, 3.05) is 11.5 Å². The summed E-state index contributed by atoms with van der Waals surface area (Å²) in [7, 11) is 0. The molecule has 3 heterocycles. The molecule has 0 saturated carbocycles. The number of aromatic nitrogens is 1. The summed E-state index contributed by atoms with van der Waals surface area (Å²) in [6.45, 7) is 5.87. The van der Waals surface area contributed by atoms with Crippen molar-refractivity contribution in [2.45, 2.75) is 33.4 Å². The van der Waals surface area contributed by atoms with E-state index >= 15 is 0 Å². The molecule has 0 spiro atoms. The SMILES string of the molecule is CCOC(=O)c1sc(N2C(=O)c3oc4ccc(C)cc4c(=O)c3C2c2cccc(OCc3ccccc3)c2)nc1C. The molecule has 8 nitrogen and oxygen atoms in total. The number of thiazole rings is 1. The minimum atomic E-state index is -0.848. The number of carbonyl (C=O) groups excluding carboxylic acids is 2. The second-order valence-electron chi connectivity index (χ2n) is 9.73. The molecule has 6 rings (SSSR count). The number of fused-ring (bicyclic) bond motifs is 2. The van der Waals surface area contributed by atoms with Crippen LogP contribution in [0.2, 0.25) is 0 Å². The van der Waals surface area contributed by atoms with Crippen molar-refractivity contribution in [3.05, 3.63) is 122 Å². The highest BCUT2D eigenvalue weighted by Crippen LogP contribution is 2.43. The van der Waals surface area contributed by atoms with Gasteiger partial charge >= 0.3 is 5.97 Å². The Balaban J connectivity index is 1.49. The molecule has 0 aliphatic carbocycles. The van der Waals surface area contributed by atoms with Gasteiger partial charge < -0.3 is 13.9 Å². The lowest BCUT2D eigenvalue weighted by Gasteiger charge is -2.23. The van der Waals surface area contributed by atoms with E-state index in [4.69, 9.17) is 13.9 Å². The quantitative estimate of drug-likeness (QED) is 0.211. The number of anilines is 1. The molecule has 41 heavy (non-hydrogen) atoms. The monoisotopic (exact) mass is 566 g/mol. The van der Waals surface area contributed by atoms with Crippen molar-refractivity contribution < 1.29 is 23.5 Å². The summed E-state index contributed by atoms with van der Waals surface area (Å²) in [5.41, 5.74) is 3.25. The molecular weight excluding hydrogens is 540 g/mol. The maximum absolute atomic E-state index is 14.0.